The lowest BCUT2D eigenvalue weighted by Gasteiger charge is -2.30. The molecular formula is C10H19N3S. The van der Waals surface area contributed by atoms with Crippen LogP contribution in [-0.2, 0) is 0 Å². The Morgan fingerprint density at radius 3 is 2.64 bits per heavy atom. The summed E-state index contributed by atoms with van der Waals surface area (Å²) in [4.78, 5) is 4.51. The number of nitrogens with zero attached hydrogens (tertiary/aromatic N) is 3. The maximum absolute atomic E-state index is 9.03. The third kappa shape index (κ3) is 3.49. The van der Waals surface area contributed by atoms with Gasteiger partial charge in [0.2, 0.25) is 0 Å². The summed E-state index contributed by atoms with van der Waals surface area (Å²) in [6.45, 7) is 6.22. The van der Waals surface area contributed by atoms with Crippen molar-refractivity contribution in [3.63, 3.8) is 0 Å². The fourth-order valence-electron chi connectivity index (χ4n) is 1.53. The standard InChI is InChI=1S/C10H19N3S/c1-3-12(2)10(8-11)9-13-4-6-14-7-5-13/h10H,3-7,9H2,1-2H3. The zero-order valence-corrected chi connectivity index (χ0v) is 9.89. The number of hydrogen-bond acceptors (Lipinski definition) is 4. The molecule has 1 atom stereocenters. The van der Waals surface area contributed by atoms with E-state index in [1.165, 1.54) is 11.5 Å². The van der Waals surface area contributed by atoms with E-state index >= 15 is 0 Å². The van der Waals surface area contributed by atoms with Crippen LogP contribution in [0.1, 0.15) is 6.92 Å². The molecular weight excluding hydrogens is 194 g/mol. The van der Waals surface area contributed by atoms with Crippen molar-refractivity contribution >= 4 is 11.8 Å². The highest BCUT2D eigenvalue weighted by atomic mass is 32.2. The fourth-order valence-corrected chi connectivity index (χ4v) is 2.51. The molecule has 0 aliphatic carbocycles. The Labute approximate surface area is 91.1 Å². The Kier molecular flexibility index (Phi) is 5.31. The van der Waals surface area contributed by atoms with Gasteiger partial charge in [0.25, 0.3) is 0 Å². The van der Waals surface area contributed by atoms with Crippen LogP contribution in [0.4, 0.5) is 0 Å². The van der Waals surface area contributed by atoms with Gasteiger partial charge in [-0.05, 0) is 13.6 Å². The third-order valence-electron chi connectivity index (χ3n) is 2.71. The monoisotopic (exact) mass is 213 g/mol. The number of hydrogen-bond donors (Lipinski definition) is 0. The van der Waals surface area contributed by atoms with Crippen LogP contribution >= 0.6 is 11.8 Å². The molecule has 0 bridgehead atoms. The second kappa shape index (κ2) is 6.28. The van der Waals surface area contributed by atoms with Gasteiger partial charge in [-0.3, -0.25) is 9.80 Å². The van der Waals surface area contributed by atoms with Gasteiger partial charge in [0.05, 0.1) is 6.07 Å². The Morgan fingerprint density at radius 2 is 2.14 bits per heavy atom. The SMILES string of the molecule is CCN(C)C(C#N)CN1CCSCC1. The average molecular weight is 213 g/mol. The van der Waals surface area contributed by atoms with Crippen LogP contribution < -0.4 is 0 Å². The van der Waals surface area contributed by atoms with Crippen molar-refractivity contribution in [1.82, 2.24) is 9.80 Å². The summed E-state index contributed by atoms with van der Waals surface area (Å²) in [7, 11) is 2.02. The Morgan fingerprint density at radius 1 is 1.50 bits per heavy atom. The summed E-state index contributed by atoms with van der Waals surface area (Å²) in [5.41, 5.74) is 0. The number of rotatable bonds is 4. The fraction of sp³-hybridized carbons (Fsp3) is 0.900. The van der Waals surface area contributed by atoms with Crippen LogP contribution in [0.2, 0.25) is 0 Å². The van der Waals surface area contributed by atoms with Crippen LogP contribution in [0.3, 0.4) is 0 Å². The van der Waals surface area contributed by atoms with Crippen LogP contribution in [0.15, 0.2) is 0 Å². The molecule has 4 heteroatoms. The lowest BCUT2D eigenvalue weighted by Crippen LogP contribution is -2.44. The van der Waals surface area contributed by atoms with E-state index in [9.17, 15) is 0 Å². The van der Waals surface area contributed by atoms with Gasteiger partial charge in [0.15, 0.2) is 0 Å². The molecule has 80 valence electrons. The van der Waals surface area contributed by atoms with Gasteiger partial charge >= 0.3 is 0 Å². The first-order chi connectivity index (χ1) is 6.77. The van der Waals surface area contributed by atoms with Gasteiger partial charge in [0.1, 0.15) is 6.04 Å². The highest BCUT2D eigenvalue weighted by Gasteiger charge is 2.18. The van der Waals surface area contributed by atoms with E-state index in [1.54, 1.807) is 0 Å². The van der Waals surface area contributed by atoms with E-state index in [1.807, 2.05) is 18.8 Å². The molecule has 0 N–H and O–H groups in total. The lowest BCUT2D eigenvalue weighted by atomic mass is 10.2. The highest BCUT2D eigenvalue weighted by Crippen LogP contribution is 2.10. The van der Waals surface area contributed by atoms with Crippen molar-refractivity contribution in [3.05, 3.63) is 0 Å². The van der Waals surface area contributed by atoms with E-state index in [2.05, 4.69) is 22.8 Å². The third-order valence-corrected chi connectivity index (χ3v) is 3.66. The molecule has 1 unspecified atom stereocenters. The number of nitriles is 1. The van der Waals surface area contributed by atoms with Crippen LogP contribution in [-0.4, -0.2) is 60.6 Å². The minimum atomic E-state index is 0.0584. The highest BCUT2D eigenvalue weighted by molar-refractivity contribution is 7.99. The predicted octanol–water partition coefficient (Wildman–Crippen LogP) is 0.879. The summed E-state index contributed by atoms with van der Waals surface area (Å²) in [6, 6.07) is 2.44. The summed E-state index contributed by atoms with van der Waals surface area (Å²) >= 11 is 2.01. The zero-order valence-electron chi connectivity index (χ0n) is 9.07. The minimum Gasteiger partial charge on any atom is -0.299 e. The minimum absolute atomic E-state index is 0.0584. The molecule has 3 nitrogen and oxygen atoms in total. The number of likely N-dealkylation sites (N-methyl/N-ethyl adjacent to an activating group) is 1. The van der Waals surface area contributed by atoms with Gasteiger partial charge < -0.3 is 0 Å². The molecule has 0 aromatic heterocycles. The average Bonchev–Trinajstić information content (AvgIpc) is 2.26. The van der Waals surface area contributed by atoms with Gasteiger partial charge in [-0.1, -0.05) is 6.92 Å². The quantitative estimate of drug-likeness (QED) is 0.693. The zero-order chi connectivity index (χ0) is 10.4. The Bertz CT molecular complexity index is 196. The first kappa shape index (κ1) is 11.8. The summed E-state index contributed by atoms with van der Waals surface area (Å²) in [5, 5.41) is 9.03. The van der Waals surface area contributed by atoms with Gasteiger partial charge in [-0.25, -0.2) is 0 Å². The van der Waals surface area contributed by atoms with Crippen LogP contribution in [0.25, 0.3) is 0 Å². The van der Waals surface area contributed by atoms with E-state index in [-0.39, 0.29) is 6.04 Å². The first-order valence-electron chi connectivity index (χ1n) is 5.18. The van der Waals surface area contributed by atoms with E-state index in [0.717, 1.165) is 26.2 Å². The lowest BCUT2D eigenvalue weighted by molar-refractivity contribution is 0.209. The maximum atomic E-state index is 9.03. The molecule has 1 fully saturated rings. The second-order valence-corrected chi connectivity index (χ2v) is 4.86. The molecule has 14 heavy (non-hydrogen) atoms. The van der Waals surface area contributed by atoms with Gasteiger partial charge in [0, 0.05) is 31.1 Å². The van der Waals surface area contributed by atoms with Crippen molar-refractivity contribution < 1.29 is 0 Å². The predicted molar refractivity (Wildman–Crippen MR) is 61.5 cm³/mol. The van der Waals surface area contributed by atoms with Crippen molar-refractivity contribution in [1.29, 1.82) is 5.26 Å². The molecule has 1 aliphatic heterocycles. The molecule has 0 spiro atoms. The molecule has 1 heterocycles. The van der Waals surface area contributed by atoms with E-state index in [4.69, 9.17) is 5.26 Å². The van der Waals surface area contributed by atoms with Crippen LogP contribution in [0.5, 0.6) is 0 Å². The topological polar surface area (TPSA) is 30.3 Å². The molecule has 0 aromatic carbocycles. The summed E-state index contributed by atoms with van der Waals surface area (Å²) in [6.07, 6.45) is 0. The molecule has 0 saturated carbocycles. The van der Waals surface area contributed by atoms with E-state index in [0.29, 0.717) is 0 Å². The second-order valence-electron chi connectivity index (χ2n) is 3.63. The number of thioether (sulfide) groups is 1. The Hall–Kier alpha value is -0.240. The van der Waals surface area contributed by atoms with E-state index < -0.39 is 0 Å². The summed E-state index contributed by atoms with van der Waals surface area (Å²) in [5.74, 6) is 2.43. The van der Waals surface area contributed by atoms with Crippen molar-refractivity contribution in [3.8, 4) is 6.07 Å². The normalized spacial score (nSPS) is 20.7. The smallest absolute Gasteiger partial charge is 0.110 e. The van der Waals surface area contributed by atoms with Crippen molar-refractivity contribution in [2.75, 3.05) is 44.7 Å². The molecule has 0 amide bonds. The largest absolute Gasteiger partial charge is 0.299 e. The molecule has 1 saturated heterocycles. The summed E-state index contributed by atoms with van der Waals surface area (Å²) < 4.78 is 0. The van der Waals surface area contributed by atoms with Crippen molar-refractivity contribution in [2.45, 2.75) is 13.0 Å². The maximum Gasteiger partial charge on any atom is 0.110 e. The molecule has 0 aromatic rings. The van der Waals surface area contributed by atoms with Gasteiger partial charge in [-0.15, -0.1) is 0 Å². The van der Waals surface area contributed by atoms with Crippen molar-refractivity contribution in [2.24, 2.45) is 0 Å². The van der Waals surface area contributed by atoms with Crippen LogP contribution in [0, 0.1) is 11.3 Å². The molecule has 1 aliphatic rings. The Balaban J connectivity index is 2.35. The molecule has 0 radical (unpaired) electrons. The molecule has 1 rings (SSSR count). The first-order valence-corrected chi connectivity index (χ1v) is 6.33. The van der Waals surface area contributed by atoms with Gasteiger partial charge in [-0.2, -0.15) is 17.0 Å².